The molecule has 1 aromatic rings. The highest BCUT2D eigenvalue weighted by atomic mass is 31.3. The van der Waals surface area contributed by atoms with Crippen LogP contribution in [0, 0.1) is 0 Å². The van der Waals surface area contributed by atoms with Crippen LogP contribution in [0.4, 0.5) is 0 Å². The van der Waals surface area contributed by atoms with Gasteiger partial charge < -0.3 is 29.1 Å². The zero-order valence-electron chi connectivity index (χ0n) is 17.2. The van der Waals surface area contributed by atoms with Gasteiger partial charge in [-0.25, -0.2) is 18.5 Å². The zero-order valence-corrected chi connectivity index (χ0v) is 19.9. The molecule has 34 heavy (non-hydrogen) atoms. The summed E-state index contributed by atoms with van der Waals surface area (Å²) < 4.78 is 68.0. The van der Waals surface area contributed by atoms with E-state index in [1.54, 1.807) is 0 Å². The molecule has 192 valence electrons. The lowest BCUT2D eigenvalue weighted by Crippen LogP contribution is -2.40. The van der Waals surface area contributed by atoms with E-state index in [0.29, 0.717) is 0 Å². The number of aromatic nitrogens is 2. The fourth-order valence-electron chi connectivity index (χ4n) is 3.04. The number of aliphatic hydroxyl groups excluding tert-OH is 1. The average molecular weight is 552 g/mol. The Bertz CT molecular complexity index is 1180. The van der Waals surface area contributed by atoms with Gasteiger partial charge in [-0.3, -0.25) is 23.7 Å². The molecule has 0 bridgehead atoms. The summed E-state index contributed by atoms with van der Waals surface area (Å²) in [5, 5.41) is 10.5. The van der Waals surface area contributed by atoms with Crippen molar-refractivity contribution in [2.24, 2.45) is 0 Å². The van der Waals surface area contributed by atoms with Crippen molar-refractivity contribution in [3.05, 3.63) is 32.6 Å². The third-order valence-electron chi connectivity index (χ3n) is 4.47. The second kappa shape index (κ2) is 9.85. The lowest BCUT2D eigenvalue weighted by Gasteiger charge is -2.27. The summed E-state index contributed by atoms with van der Waals surface area (Å²) in [6.07, 6.45) is -5.26. The van der Waals surface area contributed by atoms with Crippen molar-refractivity contribution in [3.63, 3.8) is 0 Å². The summed E-state index contributed by atoms with van der Waals surface area (Å²) in [6.45, 7) is -0.915. The monoisotopic (exact) mass is 552 g/mol. The minimum absolute atomic E-state index is 0.176. The largest absolute Gasteiger partial charge is 0.492 e. The van der Waals surface area contributed by atoms with Crippen molar-refractivity contribution in [2.45, 2.75) is 31.0 Å². The molecule has 21 heteroatoms. The average Bonchev–Trinajstić information content (AvgIpc) is 3.00. The fraction of sp³-hybridized carbons (Fsp3) is 0.615. The molecule has 1 aromatic heterocycles. The Balaban J connectivity index is 1.83. The summed E-state index contributed by atoms with van der Waals surface area (Å²) in [7, 11) is -13.5. The van der Waals surface area contributed by atoms with Gasteiger partial charge in [-0.15, -0.1) is 0 Å². The molecule has 2 saturated heterocycles. The first kappa shape index (κ1) is 27.1. The van der Waals surface area contributed by atoms with E-state index in [0.717, 1.165) is 25.0 Å². The highest BCUT2D eigenvalue weighted by molar-refractivity contribution is 7.74. The molecule has 0 spiro atoms. The van der Waals surface area contributed by atoms with Crippen LogP contribution in [0.2, 0.25) is 0 Å². The molecular weight excluding hydrogens is 533 g/mol. The van der Waals surface area contributed by atoms with Gasteiger partial charge in [-0.05, 0) is 0 Å². The molecule has 18 nitrogen and oxygen atoms in total. The van der Waals surface area contributed by atoms with E-state index in [1.807, 2.05) is 4.98 Å². The van der Waals surface area contributed by atoms with Gasteiger partial charge in [-0.1, -0.05) is 0 Å². The van der Waals surface area contributed by atoms with Gasteiger partial charge in [0.2, 0.25) is 0 Å². The normalized spacial score (nSPS) is 38.0. The van der Waals surface area contributed by atoms with Crippen LogP contribution >= 0.6 is 23.5 Å². The molecule has 2 aliphatic rings. The number of phosphoric acid groups is 3. The Kier molecular flexibility index (Phi) is 7.85. The second-order valence-electron chi connectivity index (χ2n) is 6.75. The third-order valence-corrected chi connectivity index (χ3v) is 9.84. The Morgan fingerprint density at radius 2 is 1.76 bits per heavy atom. The molecule has 0 aromatic carbocycles. The van der Waals surface area contributed by atoms with Crippen LogP contribution < -0.4 is 11.2 Å². The van der Waals surface area contributed by atoms with E-state index in [9.17, 15) is 43.0 Å². The van der Waals surface area contributed by atoms with Gasteiger partial charge in [0.15, 0.2) is 6.23 Å². The van der Waals surface area contributed by atoms with Crippen LogP contribution in [-0.2, 0) is 56.6 Å². The van der Waals surface area contributed by atoms with Crippen molar-refractivity contribution in [3.8, 4) is 0 Å². The molecule has 2 fully saturated rings. The van der Waals surface area contributed by atoms with Gasteiger partial charge in [0.25, 0.3) is 5.56 Å². The minimum Gasteiger partial charge on any atom is -0.469 e. The molecule has 0 amide bonds. The molecule has 2 aliphatic heterocycles. The first-order valence-corrected chi connectivity index (χ1v) is 13.5. The molecular formula is C13H19N2O16P3. The van der Waals surface area contributed by atoms with Gasteiger partial charge in [-0.2, -0.15) is 12.9 Å². The van der Waals surface area contributed by atoms with Crippen LogP contribution in [0.15, 0.2) is 15.8 Å². The Labute approximate surface area is 189 Å². The fourth-order valence-corrected chi connectivity index (χ4v) is 7.98. The Hall–Kier alpha value is -1.52. The van der Waals surface area contributed by atoms with Gasteiger partial charge in [0, 0.05) is 18.9 Å². The third kappa shape index (κ3) is 5.99. The zero-order chi connectivity index (χ0) is 25.5. The SMILES string of the molecule is COC(=O)Cc1cn([C@@H]2O[C@H](COP3(=O)OP(=O)(O)OP(=O)(O)O3)C(O)[C@@H]2OC)c(=O)[nH]c1=O. The summed E-state index contributed by atoms with van der Waals surface area (Å²) in [5.41, 5.74) is -2.04. The number of rotatable bonds is 7. The van der Waals surface area contributed by atoms with E-state index in [4.69, 9.17) is 14.0 Å². The van der Waals surface area contributed by atoms with E-state index in [-0.39, 0.29) is 5.56 Å². The molecule has 4 N–H and O–H groups in total. The molecule has 0 saturated carbocycles. The predicted molar refractivity (Wildman–Crippen MR) is 104 cm³/mol. The van der Waals surface area contributed by atoms with Gasteiger partial charge in [0.05, 0.1) is 20.1 Å². The number of aliphatic hydroxyl groups is 1. The minimum atomic E-state index is -5.29. The number of hydrogen-bond donors (Lipinski definition) is 4. The van der Waals surface area contributed by atoms with Crippen molar-refractivity contribution in [1.82, 2.24) is 9.55 Å². The summed E-state index contributed by atoms with van der Waals surface area (Å²) in [5.74, 6) is -0.777. The van der Waals surface area contributed by atoms with Crippen molar-refractivity contribution in [1.29, 1.82) is 0 Å². The summed E-state index contributed by atoms with van der Waals surface area (Å²) >= 11 is 0. The number of H-pyrrole nitrogens is 1. The maximum Gasteiger partial charge on any atom is 0.492 e. The predicted octanol–water partition coefficient (Wildman–Crippen LogP) is -1.09. The number of hydrogen-bond acceptors (Lipinski definition) is 14. The highest BCUT2D eigenvalue weighted by Gasteiger charge is 2.55. The summed E-state index contributed by atoms with van der Waals surface area (Å²) in [6, 6.07) is 0. The quantitative estimate of drug-likeness (QED) is 0.232. The number of methoxy groups -OCH3 is 2. The van der Waals surface area contributed by atoms with E-state index in [2.05, 4.69) is 17.7 Å². The standard InChI is InChI=1S/C13H19N2O16P3/c1-25-8(16)3-6-4-15(13(19)14-11(6)18)12-10(26-2)9(17)7(28-12)5-27-34(24)30-32(20,21)29-33(22,23)31-34/h4,7,9-10,12,17H,3,5H2,1-2H3,(H,20,21)(H,22,23)(H,14,18,19)/t7-,9?,10+,12-/m1/s1. The van der Waals surface area contributed by atoms with Crippen molar-refractivity contribution >= 4 is 29.4 Å². The number of carbonyl (C=O) groups excluding carboxylic acids is 1. The highest BCUT2D eigenvalue weighted by Crippen LogP contribution is 2.80. The lowest BCUT2D eigenvalue weighted by molar-refractivity contribution is -0.139. The number of aromatic amines is 1. The molecule has 0 radical (unpaired) electrons. The molecule has 3 heterocycles. The molecule has 3 unspecified atom stereocenters. The lowest BCUT2D eigenvalue weighted by atomic mass is 10.1. The number of esters is 1. The van der Waals surface area contributed by atoms with E-state index in [1.165, 1.54) is 0 Å². The molecule has 0 aliphatic carbocycles. The van der Waals surface area contributed by atoms with E-state index >= 15 is 0 Å². The van der Waals surface area contributed by atoms with Crippen LogP contribution in [-0.4, -0.2) is 69.6 Å². The number of ether oxygens (including phenoxy) is 3. The van der Waals surface area contributed by atoms with Crippen molar-refractivity contribution < 1.29 is 65.0 Å². The topological polar surface area (TPSA) is 248 Å². The maximum atomic E-state index is 12.4. The first-order valence-electron chi connectivity index (χ1n) is 9.01. The maximum absolute atomic E-state index is 12.4. The van der Waals surface area contributed by atoms with E-state index < -0.39 is 78.3 Å². The Morgan fingerprint density at radius 1 is 1.15 bits per heavy atom. The van der Waals surface area contributed by atoms with Crippen molar-refractivity contribution in [2.75, 3.05) is 20.8 Å². The van der Waals surface area contributed by atoms with Gasteiger partial charge >= 0.3 is 35.1 Å². The number of carbonyl (C=O) groups is 1. The van der Waals surface area contributed by atoms with Crippen LogP contribution in [0.3, 0.4) is 0 Å². The second-order valence-corrected chi connectivity index (χ2v) is 11.7. The smallest absolute Gasteiger partial charge is 0.469 e. The number of nitrogens with zero attached hydrogens (tertiary/aromatic N) is 1. The first-order chi connectivity index (χ1) is 15.7. The summed E-state index contributed by atoms with van der Waals surface area (Å²) in [4.78, 5) is 56.3. The molecule has 3 rings (SSSR count). The van der Waals surface area contributed by atoms with Gasteiger partial charge in [0.1, 0.15) is 18.3 Å². The Morgan fingerprint density at radius 3 is 2.32 bits per heavy atom. The van der Waals surface area contributed by atoms with Crippen LogP contribution in [0.1, 0.15) is 11.8 Å². The van der Waals surface area contributed by atoms with Crippen LogP contribution in [0.25, 0.3) is 0 Å². The number of nitrogens with one attached hydrogen (secondary N) is 1. The van der Waals surface area contributed by atoms with Crippen LogP contribution in [0.5, 0.6) is 0 Å². The molecule has 6 atom stereocenters.